The zero-order valence-corrected chi connectivity index (χ0v) is 14.7. The second kappa shape index (κ2) is 9.02. The van der Waals surface area contributed by atoms with Crippen LogP contribution >= 0.6 is 7.60 Å². The first-order valence-corrected chi connectivity index (χ1v) is 9.81. The van der Waals surface area contributed by atoms with E-state index in [0.29, 0.717) is 13.2 Å². The topological polar surface area (TPSA) is 35.5 Å². The Bertz CT molecular complexity index is 562. The zero-order chi connectivity index (χ0) is 16.5. The van der Waals surface area contributed by atoms with Crippen LogP contribution < -0.4 is 0 Å². The van der Waals surface area contributed by atoms with Crippen molar-refractivity contribution in [2.24, 2.45) is 0 Å². The molecule has 0 saturated heterocycles. The zero-order valence-electron chi connectivity index (χ0n) is 13.9. The molecule has 0 unspecified atom stereocenters. The summed E-state index contributed by atoms with van der Waals surface area (Å²) < 4.78 is 25.2. The average Bonchev–Trinajstić information content (AvgIpc) is 2.60. The highest BCUT2D eigenvalue weighted by Crippen LogP contribution is 2.63. The largest absolute Gasteiger partial charge is 0.342 e. The summed E-state index contributed by atoms with van der Waals surface area (Å²) in [5.41, 5.74) is 1.51. The van der Waals surface area contributed by atoms with Gasteiger partial charge in [-0.2, -0.15) is 0 Å². The van der Waals surface area contributed by atoms with Gasteiger partial charge in [0.1, 0.15) is 5.66 Å². The average molecular weight is 332 g/mol. The van der Waals surface area contributed by atoms with Gasteiger partial charge in [0.2, 0.25) is 0 Å². The quantitative estimate of drug-likeness (QED) is 0.543. The maximum absolute atomic E-state index is 13.6. The molecule has 0 saturated carbocycles. The lowest BCUT2D eigenvalue weighted by atomic mass is 10.0. The Morgan fingerprint density at radius 2 is 1.17 bits per heavy atom. The van der Waals surface area contributed by atoms with Crippen LogP contribution in [0.2, 0.25) is 0 Å². The van der Waals surface area contributed by atoms with Gasteiger partial charge in [0.25, 0.3) is 0 Å². The van der Waals surface area contributed by atoms with Crippen molar-refractivity contribution in [3.63, 3.8) is 0 Å². The van der Waals surface area contributed by atoms with Gasteiger partial charge in [0, 0.05) is 0 Å². The monoisotopic (exact) mass is 332 g/mol. The molecule has 23 heavy (non-hydrogen) atoms. The van der Waals surface area contributed by atoms with Gasteiger partial charge in [0.05, 0.1) is 13.2 Å². The van der Waals surface area contributed by atoms with Crippen LogP contribution in [-0.2, 0) is 13.6 Å². The molecular weight excluding hydrogens is 307 g/mol. The van der Waals surface area contributed by atoms with Crippen molar-refractivity contribution in [2.45, 2.75) is 32.3 Å². The van der Waals surface area contributed by atoms with Crippen molar-refractivity contribution in [2.75, 3.05) is 13.2 Å². The summed E-state index contributed by atoms with van der Waals surface area (Å²) in [5, 5.41) is 0. The number of hydrogen-bond donors (Lipinski definition) is 0. The lowest BCUT2D eigenvalue weighted by Gasteiger charge is -2.27. The van der Waals surface area contributed by atoms with E-state index < -0.39 is 13.3 Å². The van der Waals surface area contributed by atoms with E-state index in [0.717, 1.165) is 24.0 Å². The van der Waals surface area contributed by atoms with Crippen LogP contribution in [0.15, 0.2) is 60.7 Å². The summed E-state index contributed by atoms with van der Waals surface area (Å²) in [7, 11) is -3.31. The molecule has 2 aromatic rings. The lowest BCUT2D eigenvalue weighted by molar-refractivity contribution is 0.200. The van der Waals surface area contributed by atoms with Gasteiger partial charge in [-0.3, -0.25) is 4.57 Å². The Morgan fingerprint density at radius 3 is 1.52 bits per heavy atom. The number of rotatable bonds is 9. The molecule has 0 aliphatic heterocycles. The van der Waals surface area contributed by atoms with Gasteiger partial charge in [-0.05, 0) is 24.0 Å². The van der Waals surface area contributed by atoms with E-state index in [-0.39, 0.29) is 0 Å². The standard InChI is InChI=1S/C19H25O3P/c1-3-15-21-23(20,22-16-4-2)19(17-11-7-5-8-12-17)18-13-9-6-10-14-18/h5-14,19H,3-4,15-16H2,1-2H3. The number of hydrogen-bond acceptors (Lipinski definition) is 3. The Morgan fingerprint density at radius 1 is 0.783 bits per heavy atom. The van der Waals surface area contributed by atoms with Gasteiger partial charge in [-0.15, -0.1) is 0 Å². The van der Waals surface area contributed by atoms with Crippen molar-refractivity contribution >= 4 is 7.60 Å². The van der Waals surface area contributed by atoms with Crippen LogP contribution in [0, 0.1) is 0 Å². The first-order valence-electron chi connectivity index (χ1n) is 8.20. The third-order valence-electron chi connectivity index (χ3n) is 3.50. The highest BCUT2D eigenvalue weighted by molar-refractivity contribution is 7.54. The third-order valence-corrected chi connectivity index (χ3v) is 5.81. The van der Waals surface area contributed by atoms with Crippen LogP contribution in [0.25, 0.3) is 0 Å². The van der Waals surface area contributed by atoms with E-state index in [1.165, 1.54) is 0 Å². The predicted octanol–water partition coefficient (Wildman–Crippen LogP) is 5.82. The van der Waals surface area contributed by atoms with Crippen molar-refractivity contribution < 1.29 is 13.6 Å². The third kappa shape index (κ3) is 4.78. The van der Waals surface area contributed by atoms with Crippen molar-refractivity contribution in [1.82, 2.24) is 0 Å². The van der Waals surface area contributed by atoms with Crippen LogP contribution in [0.1, 0.15) is 43.5 Å². The lowest BCUT2D eigenvalue weighted by Crippen LogP contribution is -2.09. The molecule has 2 rings (SSSR count). The van der Waals surface area contributed by atoms with E-state index in [1.54, 1.807) is 0 Å². The molecule has 0 radical (unpaired) electrons. The first kappa shape index (κ1) is 17.9. The minimum atomic E-state index is -3.31. The van der Waals surface area contributed by atoms with E-state index in [9.17, 15) is 4.57 Å². The molecule has 0 aliphatic carbocycles. The minimum absolute atomic E-state index is 0.400. The second-order valence-corrected chi connectivity index (χ2v) is 7.54. The first-order chi connectivity index (χ1) is 11.2. The predicted molar refractivity (Wildman–Crippen MR) is 94.8 cm³/mol. The Hall–Kier alpha value is -1.41. The van der Waals surface area contributed by atoms with Gasteiger partial charge in [-0.1, -0.05) is 74.5 Å². The van der Waals surface area contributed by atoms with Gasteiger partial charge >= 0.3 is 7.60 Å². The molecule has 0 aromatic heterocycles. The molecule has 0 spiro atoms. The molecule has 0 amide bonds. The Kier molecular flexibility index (Phi) is 7.04. The van der Waals surface area contributed by atoms with Crippen molar-refractivity contribution in [3.8, 4) is 0 Å². The smallest absolute Gasteiger partial charge is 0.308 e. The maximum Gasteiger partial charge on any atom is 0.342 e. The van der Waals surface area contributed by atoms with Gasteiger partial charge in [-0.25, -0.2) is 0 Å². The fraction of sp³-hybridized carbons (Fsp3) is 0.368. The summed E-state index contributed by atoms with van der Waals surface area (Å²) >= 11 is 0. The van der Waals surface area contributed by atoms with Crippen molar-refractivity contribution in [3.05, 3.63) is 71.8 Å². The molecule has 4 heteroatoms. The summed E-state index contributed by atoms with van der Waals surface area (Å²) in [6.45, 7) is 4.86. The second-order valence-electron chi connectivity index (χ2n) is 5.43. The van der Waals surface area contributed by atoms with Crippen LogP contribution in [0.5, 0.6) is 0 Å². The molecule has 0 N–H and O–H groups in total. The molecule has 0 atom stereocenters. The molecule has 124 valence electrons. The molecular formula is C19H25O3P. The maximum atomic E-state index is 13.6. The number of benzene rings is 2. The van der Waals surface area contributed by atoms with Crippen LogP contribution in [0.4, 0.5) is 0 Å². The highest BCUT2D eigenvalue weighted by atomic mass is 31.2. The summed E-state index contributed by atoms with van der Waals surface area (Å²) in [4.78, 5) is 0. The van der Waals surface area contributed by atoms with E-state index in [1.807, 2.05) is 74.5 Å². The highest BCUT2D eigenvalue weighted by Gasteiger charge is 2.38. The summed E-state index contributed by atoms with van der Waals surface area (Å²) in [6.07, 6.45) is 1.60. The molecule has 0 heterocycles. The van der Waals surface area contributed by atoms with Crippen LogP contribution in [0.3, 0.4) is 0 Å². The molecule has 0 aliphatic rings. The fourth-order valence-electron chi connectivity index (χ4n) is 2.45. The minimum Gasteiger partial charge on any atom is -0.308 e. The normalized spacial score (nSPS) is 11.8. The summed E-state index contributed by atoms with van der Waals surface area (Å²) in [6, 6.07) is 19.6. The van der Waals surface area contributed by atoms with Gasteiger partial charge in [0.15, 0.2) is 0 Å². The van der Waals surface area contributed by atoms with Crippen LogP contribution in [-0.4, -0.2) is 13.2 Å². The molecule has 2 aromatic carbocycles. The molecule has 3 nitrogen and oxygen atoms in total. The summed E-state index contributed by atoms with van der Waals surface area (Å²) in [5.74, 6) is 0. The Balaban J connectivity index is 2.46. The van der Waals surface area contributed by atoms with E-state index in [2.05, 4.69) is 0 Å². The van der Waals surface area contributed by atoms with E-state index >= 15 is 0 Å². The SMILES string of the molecule is CCCOP(=O)(OCCC)C(c1ccccc1)c1ccccc1. The molecule has 0 fully saturated rings. The van der Waals surface area contributed by atoms with E-state index in [4.69, 9.17) is 9.05 Å². The molecule has 0 bridgehead atoms. The Labute approximate surface area is 139 Å². The van der Waals surface area contributed by atoms with Gasteiger partial charge < -0.3 is 9.05 Å². The van der Waals surface area contributed by atoms with Crippen molar-refractivity contribution in [1.29, 1.82) is 0 Å². The fourth-order valence-corrected chi connectivity index (χ4v) is 4.77.